The van der Waals surface area contributed by atoms with Gasteiger partial charge in [-0.2, -0.15) is 0 Å². The number of aromatic hydroxyl groups is 4. The molecule has 0 spiro atoms. The molecule has 2 aromatic carbocycles. The lowest BCUT2D eigenvalue weighted by atomic mass is 10.0. The van der Waals surface area contributed by atoms with Crippen LogP contribution >= 0.6 is 23.2 Å². The highest BCUT2D eigenvalue weighted by Crippen LogP contribution is 2.36. The van der Waals surface area contributed by atoms with E-state index in [2.05, 4.69) is 0 Å². The zero-order valence-electron chi connectivity index (χ0n) is 9.56. The lowest BCUT2D eigenvalue weighted by molar-refractivity contribution is 0.402. The van der Waals surface area contributed by atoms with Crippen molar-refractivity contribution in [3.63, 3.8) is 0 Å². The largest absolute Gasteiger partial charge is 0.504 e. The molecule has 0 aliphatic carbocycles. The van der Waals surface area contributed by atoms with Gasteiger partial charge in [0.25, 0.3) is 0 Å². The van der Waals surface area contributed by atoms with Crippen LogP contribution in [0.15, 0.2) is 24.3 Å². The molecule has 0 fully saturated rings. The lowest BCUT2D eigenvalue weighted by Gasteiger charge is -2.09. The maximum atomic E-state index is 9.44. The molecule has 0 heterocycles. The Labute approximate surface area is 119 Å². The zero-order chi connectivity index (χ0) is 14.2. The van der Waals surface area contributed by atoms with Crippen molar-refractivity contribution in [2.45, 2.75) is 6.42 Å². The van der Waals surface area contributed by atoms with Crippen LogP contribution < -0.4 is 0 Å². The molecule has 0 aliphatic heterocycles. The SMILES string of the molecule is Oc1cc(Cl)c(Cc2cc(O)c(O)cc2Cl)cc1O. The van der Waals surface area contributed by atoms with Crippen LogP contribution in [0.1, 0.15) is 11.1 Å². The van der Waals surface area contributed by atoms with E-state index in [1.54, 1.807) is 0 Å². The predicted molar refractivity (Wildman–Crippen MR) is 72.4 cm³/mol. The van der Waals surface area contributed by atoms with Gasteiger partial charge in [0.1, 0.15) is 0 Å². The van der Waals surface area contributed by atoms with Crippen LogP contribution in [0.25, 0.3) is 0 Å². The van der Waals surface area contributed by atoms with Crippen molar-refractivity contribution in [1.29, 1.82) is 0 Å². The predicted octanol–water partition coefficient (Wildman–Crippen LogP) is 3.41. The Bertz CT molecular complexity index is 586. The normalized spacial score (nSPS) is 10.6. The van der Waals surface area contributed by atoms with E-state index in [0.717, 1.165) is 0 Å². The highest BCUT2D eigenvalue weighted by molar-refractivity contribution is 6.32. The molecule has 0 unspecified atom stereocenters. The van der Waals surface area contributed by atoms with Crippen molar-refractivity contribution in [3.05, 3.63) is 45.4 Å². The number of hydrogen-bond donors (Lipinski definition) is 4. The van der Waals surface area contributed by atoms with Gasteiger partial charge in [0, 0.05) is 28.6 Å². The summed E-state index contributed by atoms with van der Waals surface area (Å²) in [5.74, 6) is -1.21. The maximum Gasteiger partial charge on any atom is 0.158 e. The summed E-state index contributed by atoms with van der Waals surface area (Å²) in [4.78, 5) is 0. The fourth-order valence-corrected chi connectivity index (χ4v) is 2.11. The van der Waals surface area contributed by atoms with Crippen molar-refractivity contribution in [2.75, 3.05) is 0 Å². The van der Waals surface area contributed by atoms with Crippen molar-refractivity contribution in [1.82, 2.24) is 0 Å². The molecule has 0 bridgehead atoms. The van der Waals surface area contributed by atoms with E-state index in [1.807, 2.05) is 0 Å². The summed E-state index contributed by atoms with van der Waals surface area (Å²) in [5.41, 5.74) is 1.06. The minimum atomic E-state index is -0.312. The van der Waals surface area contributed by atoms with Crippen molar-refractivity contribution >= 4 is 23.2 Å². The van der Waals surface area contributed by atoms with E-state index in [4.69, 9.17) is 23.2 Å². The highest BCUT2D eigenvalue weighted by atomic mass is 35.5. The monoisotopic (exact) mass is 300 g/mol. The number of benzene rings is 2. The summed E-state index contributed by atoms with van der Waals surface area (Å²) in [6, 6.07) is 5.08. The molecule has 2 rings (SSSR count). The Kier molecular flexibility index (Phi) is 3.64. The summed E-state index contributed by atoms with van der Waals surface area (Å²) in [7, 11) is 0. The van der Waals surface area contributed by atoms with Crippen LogP contribution in [0.4, 0.5) is 0 Å². The van der Waals surface area contributed by atoms with Crippen LogP contribution in [0.5, 0.6) is 23.0 Å². The van der Waals surface area contributed by atoms with Crippen molar-refractivity contribution in [2.24, 2.45) is 0 Å². The van der Waals surface area contributed by atoms with Crippen molar-refractivity contribution in [3.8, 4) is 23.0 Å². The fourth-order valence-electron chi connectivity index (χ4n) is 1.67. The average molecular weight is 301 g/mol. The zero-order valence-corrected chi connectivity index (χ0v) is 11.1. The molecule has 0 radical (unpaired) electrons. The van der Waals surface area contributed by atoms with Gasteiger partial charge in [0.2, 0.25) is 0 Å². The number of halogens is 2. The summed E-state index contributed by atoms with van der Waals surface area (Å²) in [6.45, 7) is 0. The van der Waals surface area contributed by atoms with Gasteiger partial charge in [-0.15, -0.1) is 0 Å². The smallest absolute Gasteiger partial charge is 0.158 e. The van der Waals surface area contributed by atoms with Gasteiger partial charge in [0.15, 0.2) is 23.0 Å². The molecule has 4 nitrogen and oxygen atoms in total. The molecule has 6 heteroatoms. The topological polar surface area (TPSA) is 80.9 Å². The molecular formula is C13H10Cl2O4. The van der Waals surface area contributed by atoms with Crippen LogP contribution in [0.2, 0.25) is 10.0 Å². The number of hydrogen-bond acceptors (Lipinski definition) is 4. The van der Waals surface area contributed by atoms with Crippen LogP contribution in [0, 0.1) is 0 Å². The summed E-state index contributed by atoms with van der Waals surface area (Å²) in [5, 5.41) is 38.0. The number of rotatable bonds is 2. The first-order chi connectivity index (χ1) is 8.88. The van der Waals surface area contributed by atoms with E-state index in [0.29, 0.717) is 11.1 Å². The Morgan fingerprint density at radius 1 is 0.632 bits per heavy atom. The highest BCUT2D eigenvalue weighted by Gasteiger charge is 2.12. The first kappa shape index (κ1) is 13.6. The van der Waals surface area contributed by atoms with E-state index in [-0.39, 0.29) is 39.5 Å². The summed E-state index contributed by atoms with van der Waals surface area (Å²) < 4.78 is 0. The van der Waals surface area contributed by atoms with Crippen LogP contribution in [-0.4, -0.2) is 20.4 Å². The second kappa shape index (κ2) is 5.07. The van der Waals surface area contributed by atoms with E-state index >= 15 is 0 Å². The van der Waals surface area contributed by atoms with Crippen molar-refractivity contribution < 1.29 is 20.4 Å². The van der Waals surface area contributed by atoms with Gasteiger partial charge in [-0.05, 0) is 23.3 Å². The third kappa shape index (κ3) is 2.80. The maximum absolute atomic E-state index is 9.44. The molecule has 0 atom stereocenters. The Balaban J connectivity index is 2.42. The standard InChI is InChI=1S/C13H10Cl2O4/c14-8-4-12(18)10(16)2-6(8)1-7-3-11(17)13(19)5-9(7)15/h2-5,16-19H,1H2. The van der Waals surface area contributed by atoms with Gasteiger partial charge < -0.3 is 20.4 Å². The van der Waals surface area contributed by atoms with E-state index in [9.17, 15) is 20.4 Å². The van der Waals surface area contributed by atoms with Gasteiger partial charge >= 0.3 is 0 Å². The molecular weight excluding hydrogens is 291 g/mol. The summed E-state index contributed by atoms with van der Waals surface area (Å²) in [6.07, 6.45) is 0.235. The van der Waals surface area contributed by atoms with E-state index < -0.39 is 0 Å². The first-order valence-corrected chi connectivity index (χ1v) is 6.04. The molecule has 100 valence electrons. The molecule has 4 N–H and O–H groups in total. The van der Waals surface area contributed by atoms with Gasteiger partial charge in [-0.3, -0.25) is 0 Å². The molecule has 0 aromatic heterocycles. The van der Waals surface area contributed by atoms with Crippen LogP contribution in [0.3, 0.4) is 0 Å². The molecule has 19 heavy (non-hydrogen) atoms. The average Bonchev–Trinajstić information content (AvgIpc) is 2.32. The lowest BCUT2D eigenvalue weighted by Crippen LogP contribution is -1.91. The van der Waals surface area contributed by atoms with Gasteiger partial charge in [-0.25, -0.2) is 0 Å². The second-order valence-corrected chi connectivity index (χ2v) is 4.86. The van der Waals surface area contributed by atoms with E-state index in [1.165, 1.54) is 24.3 Å². The third-order valence-corrected chi connectivity index (χ3v) is 3.37. The molecule has 2 aromatic rings. The molecule has 0 saturated carbocycles. The third-order valence-electron chi connectivity index (χ3n) is 2.67. The Hall–Kier alpha value is -1.78. The minimum Gasteiger partial charge on any atom is -0.504 e. The molecule has 0 amide bonds. The quantitative estimate of drug-likeness (QED) is 0.641. The molecule has 0 saturated heterocycles. The number of phenolic OH excluding ortho intramolecular Hbond substituents is 4. The second-order valence-electron chi connectivity index (χ2n) is 4.04. The fraction of sp³-hybridized carbons (Fsp3) is 0.0769. The summed E-state index contributed by atoms with van der Waals surface area (Å²) >= 11 is 11.9. The molecule has 0 aliphatic rings. The Morgan fingerprint density at radius 2 is 0.947 bits per heavy atom. The Morgan fingerprint density at radius 3 is 1.32 bits per heavy atom. The van der Waals surface area contributed by atoms with Gasteiger partial charge in [0.05, 0.1) is 0 Å². The van der Waals surface area contributed by atoms with Gasteiger partial charge in [-0.1, -0.05) is 23.2 Å². The van der Waals surface area contributed by atoms with Crippen LogP contribution in [-0.2, 0) is 6.42 Å². The minimum absolute atomic E-state index is 0.235. The number of phenols is 4. The first-order valence-electron chi connectivity index (χ1n) is 5.29.